The van der Waals surface area contributed by atoms with Gasteiger partial charge in [-0.1, -0.05) is 20.8 Å². The zero-order chi connectivity index (χ0) is 14.3. The van der Waals surface area contributed by atoms with Crippen LogP contribution < -0.4 is 10.0 Å². The van der Waals surface area contributed by atoms with Crippen LogP contribution >= 0.6 is 0 Å². The van der Waals surface area contributed by atoms with Crippen molar-refractivity contribution in [3.63, 3.8) is 0 Å². The lowest BCUT2D eigenvalue weighted by Crippen LogP contribution is -2.45. The van der Waals surface area contributed by atoms with E-state index in [-0.39, 0.29) is 5.75 Å². The third kappa shape index (κ3) is 7.25. The van der Waals surface area contributed by atoms with Crippen molar-refractivity contribution in [2.24, 2.45) is 5.92 Å². The van der Waals surface area contributed by atoms with Gasteiger partial charge < -0.3 is 10.2 Å². The molecule has 0 aromatic carbocycles. The van der Waals surface area contributed by atoms with Gasteiger partial charge in [-0.3, -0.25) is 0 Å². The van der Waals surface area contributed by atoms with Crippen molar-refractivity contribution >= 4 is 10.0 Å². The fourth-order valence-electron chi connectivity index (χ4n) is 2.53. The Morgan fingerprint density at radius 3 is 2.42 bits per heavy atom. The number of nitrogens with one attached hydrogen (secondary N) is 2. The normalized spacial score (nSPS) is 19.2. The van der Waals surface area contributed by atoms with Crippen molar-refractivity contribution in [3.05, 3.63) is 0 Å². The van der Waals surface area contributed by atoms with Crippen molar-refractivity contribution in [2.75, 3.05) is 38.5 Å². The Hall–Kier alpha value is -0.170. The number of hydrogen-bond acceptors (Lipinski definition) is 4. The summed E-state index contributed by atoms with van der Waals surface area (Å²) in [4.78, 5) is 2.50. The summed E-state index contributed by atoms with van der Waals surface area (Å²) in [5.41, 5.74) is 0. The van der Waals surface area contributed by atoms with Gasteiger partial charge in [0.2, 0.25) is 10.0 Å². The van der Waals surface area contributed by atoms with Crippen LogP contribution in [-0.2, 0) is 10.0 Å². The molecule has 0 unspecified atom stereocenters. The lowest BCUT2D eigenvalue weighted by atomic mass is 10.0. The molecular weight excluding hydrogens is 262 g/mol. The first-order chi connectivity index (χ1) is 8.93. The Kier molecular flexibility index (Phi) is 7.28. The summed E-state index contributed by atoms with van der Waals surface area (Å²) in [7, 11) is -3.08. The lowest BCUT2D eigenvalue weighted by Gasteiger charge is -2.33. The van der Waals surface area contributed by atoms with Crippen molar-refractivity contribution in [3.8, 4) is 0 Å². The number of likely N-dealkylation sites (tertiary alicyclic amines) is 1. The molecule has 0 aromatic rings. The molecule has 1 saturated heterocycles. The zero-order valence-corrected chi connectivity index (χ0v) is 13.3. The molecule has 0 radical (unpaired) electrons. The van der Waals surface area contributed by atoms with Crippen LogP contribution in [-0.4, -0.2) is 57.8 Å². The highest BCUT2D eigenvalue weighted by Gasteiger charge is 2.19. The van der Waals surface area contributed by atoms with Crippen LogP contribution in [0.5, 0.6) is 0 Å². The smallest absolute Gasteiger partial charge is 0.212 e. The minimum atomic E-state index is -3.08. The Morgan fingerprint density at radius 1 is 1.26 bits per heavy atom. The summed E-state index contributed by atoms with van der Waals surface area (Å²) >= 11 is 0. The second-order valence-corrected chi connectivity index (χ2v) is 7.67. The average Bonchev–Trinajstić information content (AvgIpc) is 2.30. The second-order valence-electron chi connectivity index (χ2n) is 5.74. The van der Waals surface area contributed by atoms with Gasteiger partial charge in [-0.05, 0) is 31.8 Å². The van der Waals surface area contributed by atoms with Crippen LogP contribution in [0.4, 0.5) is 0 Å². The van der Waals surface area contributed by atoms with E-state index in [9.17, 15) is 8.42 Å². The van der Waals surface area contributed by atoms with Crippen molar-refractivity contribution in [2.45, 2.75) is 39.7 Å². The molecule has 1 aliphatic rings. The molecule has 19 heavy (non-hydrogen) atoms. The van der Waals surface area contributed by atoms with Crippen molar-refractivity contribution in [1.82, 2.24) is 14.9 Å². The predicted octanol–water partition coefficient (Wildman–Crippen LogP) is 0.636. The van der Waals surface area contributed by atoms with E-state index in [1.165, 1.54) is 6.54 Å². The highest BCUT2D eigenvalue weighted by molar-refractivity contribution is 7.89. The molecule has 1 heterocycles. The van der Waals surface area contributed by atoms with E-state index in [1.807, 2.05) is 0 Å². The summed E-state index contributed by atoms with van der Waals surface area (Å²) in [6.45, 7) is 10.7. The van der Waals surface area contributed by atoms with Crippen LogP contribution in [0.25, 0.3) is 0 Å². The van der Waals surface area contributed by atoms with E-state index < -0.39 is 10.0 Å². The topological polar surface area (TPSA) is 61.4 Å². The third-order valence-corrected chi connectivity index (χ3v) is 4.85. The lowest BCUT2D eigenvalue weighted by molar-refractivity contribution is 0.181. The summed E-state index contributed by atoms with van der Waals surface area (Å²) in [5.74, 6) is 0.891. The number of rotatable bonds is 8. The van der Waals surface area contributed by atoms with Crippen LogP contribution in [0.2, 0.25) is 0 Å². The fraction of sp³-hybridized carbons (Fsp3) is 1.00. The maximum Gasteiger partial charge on any atom is 0.212 e. The first kappa shape index (κ1) is 16.9. The fourth-order valence-corrected chi connectivity index (χ4v) is 3.50. The first-order valence-corrected chi connectivity index (χ1v) is 9.01. The largest absolute Gasteiger partial charge is 0.313 e. The number of sulfonamides is 1. The first-order valence-electron chi connectivity index (χ1n) is 7.36. The molecule has 0 amide bonds. The van der Waals surface area contributed by atoms with E-state index in [0.29, 0.717) is 19.1 Å². The van der Waals surface area contributed by atoms with Crippen LogP contribution in [0.15, 0.2) is 0 Å². The maximum absolute atomic E-state index is 11.5. The molecule has 5 nitrogen and oxygen atoms in total. The van der Waals surface area contributed by atoms with Crippen LogP contribution in [0.3, 0.4) is 0 Å². The average molecular weight is 291 g/mol. The third-order valence-electron chi connectivity index (χ3n) is 3.38. The van der Waals surface area contributed by atoms with Crippen molar-refractivity contribution < 1.29 is 8.42 Å². The van der Waals surface area contributed by atoms with Gasteiger partial charge in [0.1, 0.15) is 0 Å². The highest BCUT2D eigenvalue weighted by atomic mass is 32.2. The van der Waals surface area contributed by atoms with E-state index in [2.05, 4.69) is 28.8 Å². The van der Waals surface area contributed by atoms with Crippen LogP contribution in [0.1, 0.15) is 33.6 Å². The molecule has 0 spiro atoms. The summed E-state index contributed by atoms with van der Waals surface area (Å²) in [6, 6.07) is 0.472. The molecule has 114 valence electrons. The monoisotopic (exact) mass is 291 g/mol. The Balaban J connectivity index is 2.16. The van der Waals surface area contributed by atoms with Gasteiger partial charge in [0, 0.05) is 25.7 Å². The summed E-state index contributed by atoms with van der Waals surface area (Å²) in [5, 5.41) is 3.36. The SMILES string of the molecule is CCNS(=O)(=O)CCNC1CCN(CC(C)C)CC1. The van der Waals surface area contributed by atoms with Gasteiger partial charge in [-0.25, -0.2) is 13.1 Å². The van der Waals surface area contributed by atoms with Gasteiger partial charge in [-0.15, -0.1) is 0 Å². The summed E-state index contributed by atoms with van der Waals surface area (Å²) < 4.78 is 25.5. The van der Waals surface area contributed by atoms with Gasteiger partial charge >= 0.3 is 0 Å². The van der Waals surface area contributed by atoms with Gasteiger partial charge in [0.25, 0.3) is 0 Å². The number of nitrogens with zero attached hydrogens (tertiary/aromatic N) is 1. The molecule has 1 rings (SSSR count). The molecule has 1 aliphatic heterocycles. The van der Waals surface area contributed by atoms with E-state index in [1.54, 1.807) is 6.92 Å². The Bertz CT molecular complexity index is 336. The molecule has 0 bridgehead atoms. The molecule has 0 aliphatic carbocycles. The number of piperidine rings is 1. The standard InChI is InChI=1S/C13H29N3O2S/c1-4-15-19(17,18)10-7-14-13-5-8-16(9-6-13)11-12(2)3/h12-15H,4-11H2,1-3H3. The van der Waals surface area contributed by atoms with E-state index in [0.717, 1.165) is 31.8 Å². The molecule has 1 fully saturated rings. The van der Waals surface area contributed by atoms with Crippen molar-refractivity contribution in [1.29, 1.82) is 0 Å². The molecule has 2 N–H and O–H groups in total. The quantitative estimate of drug-likeness (QED) is 0.689. The van der Waals surface area contributed by atoms with E-state index >= 15 is 0 Å². The van der Waals surface area contributed by atoms with Crippen LogP contribution in [0, 0.1) is 5.92 Å². The van der Waals surface area contributed by atoms with E-state index in [4.69, 9.17) is 0 Å². The molecular formula is C13H29N3O2S. The zero-order valence-electron chi connectivity index (χ0n) is 12.5. The summed E-state index contributed by atoms with van der Waals surface area (Å²) in [6.07, 6.45) is 2.24. The minimum absolute atomic E-state index is 0.174. The highest BCUT2D eigenvalue weighted by Crippen LogP contribution is 2.11. The Labute approximate surface area is 118 Å². The molecule has 0 atom stereocenters. The molecule has 0 saturated carbocycles. The number of hydrogen-bond donors (Lipinski definition) is 2. The van der Waals surface area contributed by atoms with Gasteiger partial charge in [0.05, 0.1) is 5.75 Å². The second kappa shape index (κ2) is 8.19. The Morgan fingerprint density at radius 2 is 1.89 bits per heavy atom. The van der Waals surface area contributed by atoms with Gasteiger partial charge in [-0.2, -0.15) is 0 Å². The minimum Gasteiger partial charge on any atom is -0.313 e. The maximum atomic E-state index is 11.5. The molecule has 6 heteroatoms. The predicted molar refractivity (Wildman–Crippen MR) is 79.8 cm³/mol. The van der Waals surface area contributed by atoms with Gasteiger partial charge in [0.15, 0.2) is 0 Å². The molecule has 0 aromatic heterocycles.